The molecule has 0 unspecified atom stereocenters. The summed E-state index contributed by atoms with van der Waals surface area (Å²) in [5.41, 5.74) is 0. The molecule has 0 saturated heterocycles. The Kier molecular flexibility index (Phi) is 7.22. The van der Waals surface area contributed by atoms with Crippen molar-refractivity contribution in [3.05, 3.63) is 0 Å². The minimum absolute atomic E-state index is 0.122. The highest BCUT2D eigenvalue weighted by molar-refractivity contribution is 7.89. The van der Waals surface area contributed by atoms with Crippen molar-refractivity contribution in [3.8, 4) is 0 Å². The second-order valence-corrected chi connectivity index (χ2v) is 4.92. The Morgan fingerprint density at radius 3 is 2.46 bits per heavy atom. The monoisotopic (exact) mass is 209 g/mol. The van der Waals surface area contributed by atoms with Gasteiger partial charge in [-0.1, -0.05) is 13.3 Å². The van der Waals surface area contributed by atoms with Gasteiger partial charge in [0.2, 0.25) is 10.0 Å². The number of hydrogen-bond acceptors (Lipinski definition) is 3. The summed E-state index contributed by atoms with van der Waals surface area (Å²) in [6.07, 6.45) is 2.94. The third kappa shape index (κ3) is 8.21. The molecule has 13 heavy (non-hydrogen) atoms. The third-order valence-corrected chi connectivity index (χ3v) is 3.14. The molecule has 2 N–H and O–H groups in total. The SMILES string of the molecule is CCCCS(=O)(=O)NCCCCO. The summed E-state index contributed by atoms with van der Waals surface area (Å²) >= 11 is 0. The van der Waals surface area contributed by atoms with Crippen LogP contribution in [0.1, 0.15) is 32.6 Å². The van der Waals surface area contributed by atoms with Crippen LogP contribution in [-0.2, 0) is 10.0 Å². The first-order valence-electron chi connectivity index (χ1n) is 4.70. The summed E-state index contributed by atoms with van der Waals surface area (Å²) in [6, 6.07) is 0. The van der Waals surface area contributed by atoms with Gasteiger partial charge < -0.3 is 5.11 Å². The topological polar surface area (TPSA) is 66.4 Å². The Morgan fingerprint density at radius 1 is 1.23 bits per heavy atom. The first-order valence-corrected chi connectivity index (χ1v) is 6.36. The van der Waals surface area contributed by atoms with Crippen LogP contribution in [0.5, 0.6) is 0 Å². The lowest BCUT2D eigenvalue weighted by Gasteiger charge is -2.04. The average Bonchev–Trinajstić information content (AvgIpc) is 2.09. The molecule has 0 heterocycles. The number of aliphatic hydroxyl groups is 1. The Morgan fingerprint density at radius 2 is 1.92 bits per heavy atom. The molecule has 0 spiro atoms. The van der Waals surface area contributed by atoms with E-state index in [0.29, 0.717) is 25.8 Å². The lowest BCUT2D eigenvalue weighted by atomic mass is 10.3. The van der Waals surface area contributed by atoms with Crippen molar-refractivity contribution in [2.24, 2.45) is 0 Å². The van der Waals surface area contributed by atoms with Gasteiger partial charge in [0.1, 0.15) is 0 Å². The van der Waals surface area contributed by atoms with E-state index in [4.69, 9.17) is 5.11 Å². The van der Waals surface area contributed by atoms with Gasteiger partial charge in [-0.15, -0.1) is 0 Å². The molecule has 0 aliphatic carbocycles. The van der Waals surface area contributed by atoms with Gasteiger partial charge >= 0.3 is 0 Å². The minimum Gasteiger partial charge on any atom is -0.396 e. The van der Waals surface area contributed by atoms with Crippen molar-refractivity contribution in [3.63, 3.8) is 0 Å². The second-order valence-electron chi connectivity index (χ2n) is 3.00. The molecule has 5 heteroatoms. The lowest BCUT2D eigenvalue weighted by Crippen LogP contribution is -2.27. The molecule has 0 aromatic rings. The summed E-state index contributed by atoms with van der Waals surface area (Å²) in [7, 11) is -3.06. The molecule has 4 nitrogen and oxygen atoms in total. The van der Waals surface area contributed by atoms with E-state index in [1.54, 1.807) is 0 Å². The van der Waals surface area contributed by atoms with Crippen LogP contribution in [0, 0.1) is 0 Å². The fraction of sp³-hybridized carbons (Fsp3) is 1.00. The molecular weight excluding hydrogens is 190 g/mol. The van der Waals surface area contributed by atoms with Gasteiger partial charge in [0.15, 0.2) is 0 Å². The van der Waals surface area contributed by atoms with Crippen molar-refractivity contribution in [1.29, 1.82) is 0 Å². The average molecular weight is 209 g/mol. The van der Waals surface area contributed by atoms with Crippen molar-refractivity contribution >= 4 is 10.0 Å². The molecule has 0 aliphatic heterocycles. The number of aliphatic hydroxyl groups excluding tert-OH is 1. The Labute approximate surface area is 80.4 Å². The van der Waals surface area contributed by atoms with E-state index in [1.165, 1.54) is 0 Å². The zero-order chi connectivity index (χ0) is 10.2. The molecule has 0 atom stereocenters. The molecule has 0 aromatic carbocycles. The van der Waals surface area contributed by atoms with E-state index in [9.17, 15) is 8.42 Å². The van der Waals surface area contributed by atoms with Gasteiger partial charge in [-0.2, -0.15) is 0 Å². The number of rotatable bonds is 8. The second kappa shape index (κ2) is 7.29. The maximum atomic E-state index is 11.2. The standard InChI is InChI=1S/C8H19NO3S/c1-2-3-8-13(11,12)9-6-4-5-7-10/h9-10H,2-8H2,1H3. The Bertz CT molecular complexity index is 201. The maximum absolute atomic E-state index is 11.2. The first kappa shape index (κ1) is 12.9. The molecule has 0 fully saturated rings. The molecule has 0 bridgehead atoms. The Hall–Kier alpha value is -0.130. The smallest absolute Gasteiger partial charge is 0.211 e. The minimum atomic E-state index is -3.06. The van der Waals surface area contributed by atoms with Crippen LogP contribution in [0.25, 0.3) is 0 Å². The highest BCUT2D eigenvalue weighted by atomic mass is 32.2. The molecule has 0 aromatic heterocycles. The third-order valence-electron chi connectivity index (χ3n) is 1.67. The zero-order valence-corrected chi connectivity index (χ0v) is 8.94. The number of unbranched alkanes of at least 4 members (excludes halogenated alkanes) is 2. The summed E-state index contributed by atoms with van der Waals surface area (Å²) in [5, 5.41) is 8.46. The quantitative estimate of drug-likeness (QED) is 0.571. The molecular formula is C8H19NO3S. The normalized spacial score (nSPS) is 11.8. The molecule has 0 aliphatic rings. The van der Waals surface area contributed by atoms with Crippen LogP contribution in [0.4, 0.5) is 0 Å². The van der Waals surface area contributed by atoms with E-state index in [-0.39, 0.29) is 12.4 Å². The number of sulfonamides is 1. The van der Waals surface area contributed by atoms with E-state index in [1.807, 2.05) is 6.92 Å². The van der Waals surface area contributed by atoms with Crippen LogP contribution in [0.15, 0.2) is 0 Å². The predicted molar refractivity (Wildman–Crippen MR) is 53.0 cm³/mol. The zero-order valence-electron chi connectivity index (χ0n) is 8.12. The highest BCUT2D eigenvalue weighted by Gasteiger charge is 2.07. The highest BCUT2D eigenvalue weighted by Crippen LogP contribution is 1.94. The fourth-order valence-electron chi connectivity index (χ4n) is 0.871. The van der Waals surface area contributed by atoms with Crippen LogP contribution < -0.4 is 4.72 Å². The van der Waals surface area contributed by atoms with Gasteiger partial charge in [0, 0.05) is 13.2 Å². The number of hydrogen-bond donors (Lipinski definition) is 2. The molecule has 0 rings (SSSR count). The van der Waals surface area contributed by atoms with Crippen LogP contribution in [-0.4, -0.2) is 32.4 Å². The predicted octanol–water partition coefficient (Wildman–Crippen LogP) is 0.478. The van der Waals surface area contributed by atoms with Gasteiger partial charge in [0.25, 0.3) is 0 Å². The van der Waals surface area contributed by atoms with Crippen LogP contribution >= 0.6 is 0 Å². The van der Waals surface area contributed by atoms with Crippen molar-refractivity contribution < 1.29 is 13.5 Å². The van der Waals surface area contributed by atoms with Crippen molar-refractivity contribution in [1.82, 2.24) is 4.72 Å². The van der Waals surface area contributed by atoms with Crippen molar-refractivity contribution in [2.45, 2.75) is 32.6 Å². The molecule has 0 amide bonds. The summed E-state index contributed by atoms with van der Waals surface area (Å²) in [4.78, 5) is 0. The Balaban J connectivity index is 3.52. The van der Waals surface area contributed by atoms with E-state index in [2.05, 4.69) is 4.72 Å². The molecule has 0 radical (unpaired) electrons. The fourth-order valence-corrected chi connectivity index (χ4v) is 2.14. The van der Waals surface area contributed by atoms with Gasteiger partial charge in [-0.25, -0.2) is 13.1 Å². The first-order chi connectivity index (χ1) is 6.12. The molecule has 0 saturated carbocycles. The van der Waals surface area contributed by atoms with E-state index < -0.39 is 10.0 Å². The number of nitrogens with one attached hydrogen (secondary N) is 1. The van der Waals surface area contributed by atoms with Gasteiger partial charge in [-0.3, -0.25) is 0 Å². The summed E-state index contributed by atoms with van der Waals surface area (Å²) in [6.45, 7) is 2.52. The maximum Gasteiger partial charge on any atom is 0.211 e. The van der Waals surface area contributed by atoms with Gasteiger partial charge in [0.05, 0.1) is 5.75 Å². The van der Waals surface area contributed by atoms with Crippen LogP contribution in [0.2, 0.25) is 0 Å². The van der Waals surface area contributed by atoms with Crippen LogP contribution in [0.3, 0.4) is 0 Å². The molecule has 80 valence electrons. The van der Waals surface area contributed by atoms with E-state index in [0.717, 1.165) is 6.42 Å². The summed E-state index contributed by atoms with van der Waals surface area (Å²) in [5.74, 6) is 0.211. The van der Waals surface area contributed by atoms with E-state index >= 15 is 0 Å². The largest absolute Gasteiger partial charge is 0.396 e. The summed E-state index contributed by atoms with van der Waals surface area (Å²) < 4.78 is 24.8. The lowest BCUT2D eigenvalue weighted by molar-refractivity contribution is 0.285. The van der Waals surface area contributed by atoms with Gasteiger partial charge in [-0.05, 0) is 19.3 Å². The van der Waals surface area contributed by atoms with Crippen molar-refractivity contribution in [2.75, 3.05) is 18.9 Å².